The number of halogens is 1. The van der Waals surface area contributed by atoms with Crippen molar-refractivity contribution < 1.29 is 0 Å². The Morgan fingerprint density at radius 1 is 1.50 bits per heavy atom. The third kappa shape index (κ3) is 1.57. The predicted octanol–water partition coefficient (Wildman–Crippen LogP) is 3.15. The van der Waals surface area contributed by atoms with Gasteiger partial charge in [-0.1, -0.05) is 0 Å². The average Bonchev–Trinajstić information content (AvgIpc) is 2.48. The van der Waals surface area contributed by atoms with Crippen LogP contribution in [0.15, 0.2) is 17.5 Å². The van der Waals surface area contributed by atoms with Crippen LogP contribution in [-0.4, -0.2) is 0 Å². The maximum atomic E-state index is 8.71. The molecule has 70 valence electrons. The number of anilines is 1. The molecule has 14 heavy (non-hydrogen) atoms. The number of nitrogen functional groups attached to an aromatic ring is 1. The van der Waals surface area contributed by atoms with E-state index >= 15 is 0 Å². The first-order valence-corrected chi connectivity index (χ1v) is 6.00. The molecule has 2 nitrogen and oxygen atoms in total. The Morgan fingerprint density at radius 3 is 3.00 bits per heavy atom. The lowest BCUT2D eigenvalue weighted by Gasteiger charge is -2.01. The van der Waals surface area contributed by atoms with Crippen LogP contribution in [0.3, 0.4) is 0 Å². The highest BCUT2D eigenvalue weighted by atomic mass is 127. The number of hydrogen-bond acceptors (Lipinski definition) is 3. The minimum absolute atomic E-state index is 0.425. The smallest absolute Gasteiger partial charge is 0.0669 e. The van der Waals surface area contributed by atoms with Crippen molar-refractivity contribution >= 4 is 49.7 Å². The van der Waals surface area contributed by atoms with Crippen molar-refractivity contribution in [3.05, 3.63) is 26.6 Å². The zero-order valence-electron chi connectivity index (χ0n) is 7.25. The highest BCUT2D eigenvalue weighted by Crippen LogP contribution is 2.32. The molecule has 1 heterocycles. The molecule has 4 heteroatoms. The molecule has 0 aliphatic rings. The SMILES string of the molecule is N#CCc1cc(N)cc2scc(I)c12. The lowest BCUT2D eigenvalue weighted by molar-refractivity contribution is 1.29. The molecule has 0 amide bonds. The first-order chi connectivity index (χ1) is 6.72. The van der Waals surface area contributed by atoms with Crippen LogP contribution in [0.4, 0.5) is 5.69 Å². The number of nitrogens with zero attached hydrogens (tertiary/aromatic N) is 1. The summed E-state index contributed by atoms with van der Waals surface area (Å²) in [7, 11) is 0. The van der Waals surface area contributed by atoms with E-state index in [1.807, 2.05) is 12.1 Å². The van der Waals surface area contributed by atoms with Gasteiger partial charge in [-0.05, 0) is 40.3 Å². The molecule has 1 aromatic heterocycles. The number of thiophene rings is 1. The predicted molar refractivity (Wildman–Crippen MR) is 68.3 cm³/mol. The van der Waals surface area contributed by atoms with E-state index in [2.05, 4.69) is 34.0 Å². The zero-order chi connectivity index (χ0) is 10.1. The molecule has 0 saturated heterocycles. The van der Waals surface area contributed by atoms with Crippen LogP contribution in [0.25, 0.3) is 10.1 Å². The fraction of sp³-hybridized carbons (Fsp3) is 0.100. The fourth-order valence-electron chi connectivity index (χ4n) is 1.46. The van der Waals surface area contributed by atoms with Gasteiger partial charge in [0.25, 0.3) is 0 Å². The van der Waals surface area contributed by atoms with Gasteiger partial charge in [-0.2, -0.15) is 5.26 Å². The number of nitriles is 1. The molecule has 0 aliphatic carbocycles. The van der Waals surface area contributed by atoms with Gasteiger partial charge < -0.3 is 5.73 Å². The summed E-state index contributed by atoms with van der Waals surface area (Å²) in [6, 6.07) is 6.02. The Hall–Kier alpha value is -0.800. The van der Waals surface area contributed by atoms with Crippen molar-refractivity contribution in [2.24, 2.45) is 0 Å². The van der Waals surface area contributed by atoms with E-state index in [4.69, 9.17) is 11.0 Å². The first kappa shape index (κ1) is 9.74. The van der Waals surface area contributed by atoms with Gasteiger partial charge in [-0.15, -0.1) is 11.3 Å². The quantitative estimate of drug-likeness (QED) is 0.649. The van der Waals surface area contributed by atoms with E-state index < -0.39 is 0 Å². The van der Waals surface area contributed by atoms with Gasteiger partial charge in [0.15, 0.2) is 0 Å². The van der Waals surface area contributed by atoms with Gasteiger partial charge >= 0.3 is 0 Å². The zero-order valence-corrected chi connectivity index (χ0v) is 10.2. The van der Waals surface area contributed by atoms with E-state index in [1.165, 1.54) is 13.7 Å². The van der Waals surface area contributed by atoms with Gasteiger partial charge in [-0.25, -0.2) is 0 Å². The van der Waals surface area contributed by atoms with Crippen LogP contribution in [0.2, 0.25) is 0 Å². The van der Waals surface area contributed by atoms with Crippen molar-refractivity contribution in [2.75, 3.05) is 5.73 Å². The molecule has 2 rings (SSSR count). The maximum Gasteiger partial charge on any atom is 0.0669 e. The second kappa shape index (κ2) is 3.75. The lowest BCUT2D eigenvalue weighted by Crippen LogP contribution is -1.89. The monoisotopic (exact) mass is 314 g/mol. The summed E-state index contributed by atoms with van der Waals surface area (Å²) in [5.74, 6) is 0. The van der Waals surface area contributed by atoms with Crippen molar-refractivity contribution in [1.29, 1.82) is 5.26 Å². The molecule has 0 aliphatic heterocycles. The minimum atomic E-state index is 0.425. The summed E-state index contributed by atoms with van der Waals surface area (Å²) in [4.78, 5) is 0. The molecule has 1 aromatic carbocycles. The molecule has 0 spiro atoms. The molecular formula is C10H7IN2S. The highest BCUT2D eigenvalue weighted by molar-refractivity contribution is 14.1. The maximum absolute atomic E-state index is 8.71. The normalized spacial score (nSPS) is 10.3. The Morgan fingerprint density at radius 2 is 2.29 bits per heavy atom. The van der Waals surface area contributed by atoms with E-state index in [0.29, 0.717) is 6.42 Å². The summed E-state index contributed by atoms with van der Waals surface area (Å²) < 4.78 is 2.37. The number of rotatable bonds is 1. The molecule has 0 unspecified atom stereocenters. The van der Waals surface area contributed by atoms with Crippen LogP contribution in [0.1, 0.15) is 5.56 Å². The molecule has 0 atom stereocenters. The third-order valence-corrected chi connectivity index (χ3v) is 4.21. The Balaban J connectivity index is 2.78. The van der Waals surface area contributed by atoms with Crippen LogP contribution >= 0.6 is 33.9 Å². The molecule has 0 fully saturated rings. The molecule has 2 aromatic rings. The summed E-state index contributed by atoms with van der Waals surface area (Å²) in [6.45, 7) is 0. The van der Waals surface area contributed by atoms with Gasteiger partial charge in [0.2, 0.25) is 0 Å². The van der Waals surface area contributed by atoms with Gasteiger partial charge in [0.05, 0.1) is 12.5 Å². The van der Waals surface area contributed by atoms with E-state index in [1.54, 1.807) is 11.3 Å². The van der Waals surface area contributed by atoms with E-state index in [0.717, 1.165) is 11.3 Å². The molecular weight excluding hydrogens is 307 g/mol. The number of hydrogen-bond donors (Lipinski definition) is 1. The first-order valence-electron chi connectivity index (χ1n) is 4.04. The summed E-state index contributed by atoms with van der Waals surface area (Å²) in [5.41, 5.74) is 7.53. The van der Waals surface area contributed by atoms with Crippen molar-refractivity contribution in [3.63, 3.8) is 0 Å². The number of nitrogens with two attached hydrogens (primary N) is 1. The van der Waals surface area contributed by atoms with Crippen LogP contribution in [0, 0.1) is 14.9 Å². The van der Waals surface area contributed by atoms with Crippen LogP contribution < -0.4 is 5.73 Å². The summed E-state index contributed by atoms with van der Waals surface area (Å²) in [6.07, 6.45) is 0.425. The molecule has 0 radical (unpaired) electrons. The largest absolute Gasteiger partial charge is 0.399 e. The third-order valence-electron chi connectivity index (χ3n) is 2.00. The summed E-state index contributed by atoms with van der Waals surface area (Å²) in [5, 5.41) is 12.0. The Labute approximate surface area is 99.5 Å². The summed E-state index contributed by atoms with van der Waals surface area (Å²) >= 11 is 3.96. The van der Waals surface area contributed by atoms with Crippen molar-refractivity contribution in [1.82, 2.24) is 0 Å². The van der Waals surface area contributed by atoms with E-state index in [9.17, 15) is 0 Å². The Bertz CT molecular complexity index is 525. The second-order valence-electron chi connectivity index (χ2n) is 2.97. The average molecular weight is 314 g/mol. The van der Waals surface area contributed by atoms with Gasteiger partial charge in [0, 0.05) is 24.7 Å². The number of fused-ring (bicyclic) bond motifs is 1. The second-order valence-corrected chi connectivity index (χ2v) is 5.05. The lowest BCUT2D eigenvalue weighted by atomic mass is 10.1. The van der Waals surface area contributed by atoms with Gasteiger partial charge in [-0.3, -0.25) is 0 Å². The van der Waals surface area contributed by atoms with Crippen LogP contribution in [-0.2, 0) is 6.42 Å². The standard InChI is InChI=1S/C10H7IN2S/c11-8-5-14-9-4-7(13)3-6(1-2-12)10(8)9/h3-5H,1,13H2. The molecule has 0 saturated carbocycles. The minimum Gasteiger partial charge on any atom is -0.399 e. The molecule has 0 bridgehead atoms. The van der Waals surface area contributed by atoms with Gasteiger partial charge in [0.1, 0.15) is 0 Å². The topological polar surface area (TPSA) is 49.8 Å². The van der Waals surface area contributed by atoms with E-state index in [-0.39, 0.29) is 0 Å². The fourth-order valence-corrected chi connectivity index (χ4v) is 3.57. The number of benzene rings is 1. The Kier molecular flexibility index (Phi) is 2.61. The van der Waals surface area contributed by atoms with Crippen LogP contribution in [0.5, 0.6) is 0 Å². The highest BCUT2D eigenvalue weighted by Gasteiger charge is 2.07. The van der Waals surface area contributed by atoms with Crippen molar-refractivity contribution in [3.8, 4) is 6.07 Å². The molecule has 2 N–H and O–H groups in total. The van der Waals surface area contributed by atoms with Crippen molar-refractivity contribution in [2.45, 2.75) is 6.42 Å².